The smallest absolute Gasteiger partial charge is 0.255 e. The van der Waals surface area contributed by atoms with Crippen LogP contribution in [0.1, 0.15) is 28.9 Å². The third-order valence-corrected chi connectivity index (χ3v) is 4.16. The summed E-state index contributed by atoms with van der Waals surface area (Å²) in [6.45, 7) is 3.12. The highest BCUT2D eigenvalue weighted by Crippen LogP contribution is 2.21. The molecule has 23 heavy (non-hydrogen) atoms. The lowest BCUT2D eigenvalue weighted by atomic mass is 10.1. The molecule has 1 aliphatic rings. The predicted molar refractivity (Wildman–Crippen MR) is 87.8 cm³/mol. The summed E-state index contributed by atoms with van der Waals surface area (Å²) in [5, 5.41) is 8.48. The van der Waals surface area contributed by atoms with E-state index in [9.17, 15) is 4.79 Å². The van der Waals surface area contributed by atoms with Crippen LogP contribution in [-0.4, -0.2) is 40.2 Å². The second kappa shape index (κ2) is 6.96. The van der Waals surface area contributed by atoms with Gasteiger partial charge in [0, 0.05) is 12.6 Å². The van der Waals surface area contributed by atoms with Crippen LogP contribution < -0.4 is 4.74 Å². The fourth-order valence-electron chi connectivity index (χ4n) is 2.64. The Balaban J connectivity index is 1.67. The molecule has 0 radical (unpaired) electrons. The molecule has 5 nitrogen and oxygen atoms in total. The molecule has 0 aliphatic carbocycles. The fourth-order valence-corrected chi connectivity index (χ4v) is 2.86. The van der Waals surface area contributed by atoms with E-state index in [1.807, 2.05) is 25.1 Å². The van der Waals surface area contributed by atoms with Crippen LogP contribution in [0.25, 0.3) is 0 Å². The van der Waals surface area contributed by atoms with E-state index in [-0.39, 0.29) is 12.0 Å². The minimum atomic E-state index is -0.0767. The number of rotatable bonds is 3. The van der Waals surface area contributed by atoms with Crippen molar-refractivity contribution in [1.29, 1.82) is 0 Å². The first-order chi connectivity index (χ1) is 11.1. The number of hydrogen-bond donors (Lipinski definition) is 0. The largest absolute Gasteiger partial charge is 0.471 e. The summed E-state index contributed by atoms with van der Waals surface area (Å²) in [4.78, 5) is 14.4. The van der Waals surface area contributed by atoms with Crippen LogP contribution in [0.15, 0.2) is 36.4 Å². The van der Waals surface area contributed by atoms with Crippen LogP contribution in [-0.2, 0) is 0 Å². The Morgan fingerprint density at radius 1 is 1.26 bits per heavy atom. The first kappa shape index (κ1) is 15.7. The van der Waals surface area contributed by atoms with Gasteiger partial charge in [-0.3, -0.25) is 4.79 Å². The van der Waals surface area contributed by atoms with Crippen molar-refractivity contribution in [2.45, 2.75) is 25.9 Å². The monoisotopic (exact) mass is 331 g/mol. The van der Waals surface area contributed by atoms with Gasteiger partial charge in [0.1, 0.15) is 6.10 Å². The van der Waals surface area contributed by atoms with E-state index in [4.69, 9.17) is 16.3 Å². The molecular formula is C17H18ClN3O2. The lowest BCUT2D eigenvalue weighted by molar-refractivity contribution is 0.0525. The van der Waals surface area contributed by atoms with Gasteiger partial charge in [0.2, 0.25) is 5.88 Å². The highest BCUT2D eigenvalue weighted by Gasteiger charge is 2.26. The number of piperidine rings is 1. The van der Waals surface area contributed by atoms with Gasteiger partial charge in [0.05, 0.1) is 22.8 Å². The lowest BCUT2D eigenvalue weighted by Gasteiger charge is -2.32. The number of aryl methyl sites for hydroxylation is 1. The van der Waals surface area contributed by atoms with Crippen LogP contribution in [0.2, 0.25) is 5.02 Å². The first-order valence-corrected chi connectivity index (χ1v) is 8.02. The summed E-state index contributed by atoms with van der Waals surface area (Å²) in [6, 6.07) is 10.8. The van der Waals surface area contributed by atoms with Crippen molar-refractivity contribution in [1.82, 2.24) is 15.1 Å². The van der Waals surface area contributed by atoms with Gasteiger partial charge in [-0.05, 0) is 38.0 Å². The Labute approximate surface area is 140 Å². The van der Waals surface area contributed by atoms with Gasteiger partial charge in [-0.25, -0.2) is 0 Å². The molecule has 3 rings (SSSR count). The third-order valence-electron chi connectivity index (χ3n) is 3.83. The van der Waals surface area contributed by atoms with E-state index in [0.29, 0.717) is 29.6 Å². The van der Waals surface area contributed by atoms with Crippen molar-refractivity contribution in [3.05, 3.63) is 52.7 Å². The molecule has 6 heteroatoms. The first-order valence-electron chi connectivity index (χ1n) is 7.64. The average Bonchev–Trinajstić information content (AvgIpc) is 2.57. The Hall–Kier alpha value is -2.14. The molecule has 1 aliphatic heterocycles. The molecule has 0 bridgehead atoms. The molecule has 1 unspecified atom stereocenters. The zero-order chi connectivity index (χ0) is 16.2. The zero-order valence-electron chi connectivity index (χ0n) is 12.9. The standard InChI is InChI=1S/C17H18ClN3O2/c1-12-8-9-16(20-19-12)23-13-5-4-10-21(11-13)17(22)14-6-2-3-7-15(14)18/h2-3,6-9,13H,4-5,10-11H2,1H3. The maximum Gasteiger partial charge on any atom is 0.255 e. The van der Waals surface area contributed by atoms with Crippen molar-refractivity contribution in [2.75, 3.05) is 13.1 Å². The molecule has 0 N–H and O–H groups in total. The van der Waals surface area contributed by atoms with Gasteiger partial charge in [0.25, 0.3) is 5.91 Å². The summed E-state index contributed by atoms with van der Waals surface area (Å²) >= 11 is 6.12. The van der Waals surface area contributed by atoms with Gasteiger partial charge < -0.3 is 9.64 Å². The van der Waals surface area contributed by atoms with Crippen molar-refractivity contribution >= 4 is 17.5 Å². The third kappa shape index (κ3) is 3.79. The van der Waals surface area contributed by atoms with E-state index < -0.39 is 0 Å². The van der Waals surface area contributed by atoms with Crippen molar-refractivity contribution < 1.29 is 9.53 Å². The molecule has 1 saturated heterocycles. The highest BCUT2D eigenvalue weighted by atomic mass is 35.5. The summed E-state index contributed by atoms with van der Waals surface area (Å²) in [5.74, 6) is 0.437. The maximum absolute atomic E-state index is 12.6. The summed E-state index contributed by atoms with van der Waals surface area (Å²) in [7, 11) is 0. The number of carbonyl (C=O) groups is 1. The average molecular weight is 332 g/mol. The van der Waals surface area contributed by atoms with Crippen LogP contribution in [0.5, 0.6) is 5.88 Å². The molecule has 1 fully saturated rings. The number of carbonyl (C=O) groups excluding carboxylic acids is 1. The number of ether oxygens (including phenoxy) is 1. The van der Waals surface area contributed by atoms with Crippen molar-refractivity contribution in [3.8, 4) is 5.88 Å². The van der Waals surface area contributed by atoms with E-state index in [2.05, 4.69) is 10.2 Å². The molecule has 1 amide bonds. The quantitative estimate of drug-likeness (QED) is 0.867. The topological polar surface area (TPSA) is 55.3 Å². The van der Waals surface area contributed by atoms with Crippen LogP contribution >= 0.6 is 11.6 Å². The van der Waals surface area contributed by atoms with Crippen LogP contribution in [0.4, 0.5) is 0 Å². The van der Waals surface area contributed by atoms with Gasteiger partial charge >= 0.3 is 0 Å². The summed E-state index contributed by atoms with van der Waals surface area (Å²) in [6.07, 6.45) is 1.70. The second-order valence-electron chi connectivity index (χ2n) is 5.63. The van der Waals surface area contributed by atoms with Crippen molar-refractivity contribution in [2.24, 2.45) is 0 Å². The second-order valence-corrected chi connectivity index (χ2v) is 6.03. The number of aromatic nitrogens is 2. The molecule has 2 aromatic rings. The Morgan fingerprint density at radius 3 is 2.83 bits per heavy atom. The molecule has 1 aromatic heterocycles. The summed E-state index contributed by atoms with van der Waals surface area (Å²) < 4.78 is 5.86. The number of benzene rings is 1. The molecule has 0 saturated carbocycles. The minimum absolute atomic E-state index is 0.0566. The van der Waals surface area contributed by atoms with Gasteiger partial charge in [0.15, 0.2) is 0 Å². The molecule has 1 atom stereocenters. The molecule has 0 spiro atoms. The molecule has 1 aromatic carbocycles. The Bertz CT molecular complexity index is 690. The molecule has 2 heterocycles. The van der Waals surface area contributed by atoms with Crippen LogP contribution in [0.3, 0.4) is 0 Å². The number of amides is 1. The number of likely N-dealkylation sites (tertiary alicyclic amines) is 1. The van der Waals surface area contributed by atoms with Crippen molar-refractivity contribution in [3.63, 3.8) is 0 Å². The zero-order valence-corrected chi connectivity index (χ0v) is 13.7. The Morgan fingerprint density at radius 2 is 2.09 bits per heavy atom. The predicted octanol–water partition coefficient (Wildman–Crippen LogP) is 3.12. The van der Waals surface area contributed by atoms with Gasteiger partial charge in [-0.2, -0.15) is 5.10 Å². The summed E-state index contributed by atoms with van der Waals surface area (Å²) in [5.41, 5.74) is 1.38. The lowest BCUT2D eigenvalue weighted by Crippen LogP contribution is -2.44. The normalized spacial score (nSPS) is 17.8. The van der Waals surface area contributed by atoms with Gasteiger partial charge in [-0.1, -0.05) is 23.7 Å². The van der Waals surface area contributed by atoms with Crippen LogP contribution in [0, 0.1) is 6.92 Å². The van der Waals surface area contributed by atoms with E-state index >= 15 is 0 Å². The number of nitrogens with zero attached hydrogens (tertiary/aromatic N) is 3. The Kier molecular flexibility index (Phi) is 4.76. The highest BCUT2D eigenvalue weighted by molar-refractivity contribution is 6.33. The maximum atomic E-state index is 12.6. The SMILES string of the molecule is Cc1ccc(OC2CCCN(C(=O)c3ccccc3Cl)C2)nn1. The van der Waals surface area contributed by atoms with E-state index in [1.54, 1.807) is 23.1 Å². The number of halogens is 1. The molecular weight excluding hydrogens is 314 g/mol. The van der Waals surface area contributed by atoms with E-state index in [1.165, 1.54) is 0 Å². The molecule has 120 valence electrons. The fraction of sp³-hybridized carbons (Fsp3) is 0.353. The minimum Gasteiger partial charge on any atom is -0.471 e. The number of hydrogen-bond acceptors (Lipinski definition) is 4. The van der Waals surface area contributed by atoms with E-state index in [0.717, 1.165) is 18.5 Å². The van der Waals surface area contributed by atoms with Gasteiger partial charge in [-0.15, -0.1) is 5.10 Å².